The second-order valence-corrected chi connectivity index (χ2v) is 9.47. The maximum absolute atomic E-state index is 13.3. The Bertz CT molecular complexity index is 1150. The summed E-state index contributed by atoms with van der Waals surface area (Å²) in [6.45, 7) is 4.03. The van der Waals surface area contributed by atoms with E-state index in [9.17, 15) is 14.4 Å². The van der Waals surface area contributed by atoms with Gasteiger partial charge in [-0.3, -0.25) is 14.4 Å². The summed E-state index contributed by atoms with van der Waals surface area (Å²) in [5.41, 5.74) is 3.90. The van der Waals surface area contributed by atoms with E-state index >= 15 is 0 Å². The molecule has 7 rings (SSSR count). The fourth-order valence-corrected chi connectivity index (χ4v) is 6.02. The fourth-order valence-electron chi connectivity index (χ4n) is 6.02. The summed E-state index contributed by atoms with van der Waals surface area (Å²) in [6.07, 6.45) is 5.48. The lowest BCUT2D eigenvalue weighted by Gasteiger charge is -2.37. The Hall–Kier alpha value is -3.21. The lowest BCUT2D eigenvalue weighted by molar-refractivity contribution is -0.124. The zero-order valence-electron chi connectivity index (χ0n) is 17.5. The second kappa shape index (κ2) is 6.39. The lowest BCUT2D eigenvalue weighted by Crippen LogP contribution is -2.40. The molecule has 156 valence electrons. The van der Waals surface area contributed by atoms with Crippen LogP contribution >= 0.6 is 0 Å². The van der Waals surface area contributed by atoms with Crippen LogP contribution in [0.25, 0.3) is 0 Å². The number of nitrogens with one attached hydrogen (secondary N) is 1. The van der Waals surface area contributed by atoms with Gasteiger partial charge < -0.3 is 5.32 Å². The maximum Gasteiger partial charge on any atom is 0.255 e. The minimum atomic E-state index is -0.260. The number of carbonyl (C=O) groups is 3. The smallest absolute Gasteiger partial charge is 0.255 e. The van der Waals surface area contributed by atoms with Crippen LogP contribution < -0.4 is 10.2 Å². The van der Waals surface area contributed by atoms with E-state index in [-0.39, 0.29) is 41.4 Å². The molecule has 2 aromatic rings. The molecular formula is C26H24N2O3. The van der Waals surface area contributed by atoms with Crippen molar-refractivity contribution >= 4 is 29.1 Å². The summed E-state index contributed by atoms with van der Waals surface area (Å²) in [7, 11) is 0. The predicted octanol–water partition coefficient (Wildman–Crippen LogP) is 4.11. The first-order valence-corrected chi connectivity index (χ1v) is 11.0. The number of imide groups is 1. The van der Waals surface area contributed by atoms with E-state index in [1.165, 1.54) is 4.90 Å². The number of hydrogen-bond acceptors (Lipinski definition) is 3. The average Bonchev–Trinajstić information content (AvgIpc) is 3.54. The molecule has 0 radical (unpaired) electrons. The molecule has 4 aliphatic carbocycles. The molecule has 0 unspecified atom stereocenters. The molecule has 2 bridgehead atoms. The molecular weight excluding hydrogens is 388 g/mol. The van der Waals surface area contributed by atoms with Gasteiger partial charge in [0.15, 0.2) is 0 Å². The molecule has 2 saturated carbocycles. The third-order valence-corrected chi connectivity index (χ3v) is 7.79. The van der Waals surface area contributed by atoms with Gasteiger partial charge in [0.1, 0.15) is 0 Å². The molecule has 3 amide bonds. The van der Waals surface area contributed by atoms with E-state index in [2.05, 4.69) is 17.5 Å². The summed E-state index contributed by atoms with van der Waals surface area (Å²) < 4.78 is 0. The number of anilines is 2. The summed E-state index contributed by atoms with van der Waals surface area (Å²) in [6, 6.07) is 12.6. The Balaban J connectivity index is 1.28. The van der Waals surface area contributed by atoms with Crippen LogP contribution in [0.2, 0.25) is 0 Å². The Morgan fingerprint density at radius 3 is 2.23 bits per heavy atom. The minimum Gasteiger partial charge on any atom is -0.322 e. The van der Waals surface area contributed by atoms with Crippen molar-refractivity contribution in [1.82, 2.24) is 0 Å². The van der Waals surface area contributed by atoms with Crippen molar-refractivity contribution in [2.75, 3.05) is 10.2 Å². The first-order valence-electron chi connectivity index (χ1n) is 11.0. The molecule has 2 aromatic carbocycles. The third kappa shape index (κ3) is 2.65. The molecule has 6 atom stereocenters. The largest absolute Gasteiger partial charge is 0.322 e. The molecule has 0 spiro atoms. The zero-order valence-corrected chi connectivity index (χ0v) is 17.5. The van der Waals surface area contributed by atoms with Gasteiger partial charge in [0.2, 0.25) is 11.8 Å². The number of aryl methyl sites for hydroxylation is 2. The number of rotatable bonds is 3. The molecule has 31 heavy (non-hydrogen) atoms. The Morgan fingerprint density at radius 1 is 0.903 bits per heavy atom. The highest BCUT2D eigenvalue weighted by atomic mass is 16.2. The van der Waals surface area contributed by atoms with Gasteiger partial charge in [-0.25, -0.2) is 4.90 Å². The van der Waals surface area contributed by atoms with Crippen LogP contribution in [0.1, 0.15) is 27.9 Å². The van der Waals surface area contributed by atoms with Gasteiger partial charge >= 0.3 is 0 Å². The first-order chi connectivity index (χ1) is 14.9. The molecule has 5 nitrogen and oxygen atoms in total. The van der Waals surface area contributed by atoms with Gasteiger partial charge in [0.05, 0.1) is 17.5 Å². The van der Waals surface area contributed by atoms with E-state index in [1.807, 2.05) is 32.0 Å². The molecule has 5 heteroatoms. The summed E-state index contributed by atoms with van der Waals surface area (Å²) in [5.74, 6) is 0.586. The van der Waals surface area contributed by atoms with Crippen molar-refractivity contribution in [2.24, 2.45) is 35.5 Å². The minimum absolute atomic E-state index is 0.105. The third-order valence-electron chi connectivity index (χ3n) is 7.79. The van der Waals surface area contributed by atoms with E-state index in [0.717, 1.165) is 23.2 Å². The Morgan fingerprint density at radius 2 is 1.58 bits per heavy atom. The number of carbonyl (C=O) groups excluding carboxylic acids is 3. The predicted molar refractivity (Wildman–Crippen MR) is 118 cm³/mol. The zero-order chi connectivity index (χ0) is 21.4. The lowest BCUT2D eigenvalue weighted by atomic mass is 9.63. The van der Waals surface area contributed by atoms with Crippen LogP contribution in [0, 0.1) is 49.4 Å². The molecule has 1 aliphatic heterocycles. The normalized spacial score (nSPS) is 32.1. The highest BCUT2D eigenvalue weighted by Gasteiger charge is 2.67. The molecule has 1 heterocycles. The average molecular weight is 412 g/mol. The molecule has 5 aliphatic rings. The highest BCUT2D eigenvalue weighted by molar-refractivity contribution is 6.23. The second-order valence-electron chi connectivity index (χ2n) is 9.47. The number of allylic oxidation sites excluding steroid dienone is 2. The molecule has 1 saturated heterocycles. The van der Waals surface area contributed by atoms with Crippen LogP contribution in [0.15, 0.2) is 54.6 Å². The van der Waals surface area contributed by atoms with Crippen molar-refractivity contribution in [3.05, 3.63) is 71.3 Å². The van der Waals surface area contributed by atoms with E-state index < -0.39 is 0 Å². The summed E-state index contributed by atoms with van der Waals surface area (Å²) in [4.78, 5) is 40.8. The summed E-state index contributed by atoms with van der Waals surface area (Å²) >= 11 is 0. The number of hydrogen-bond donors (Lipinski definition) is 1. The van der Waals surface area contributed by atoms with Crippen molar-refractivity contribution < 1.29 is 14.4 Å². The SMILES string of the molecule is Cc1ccc(NC(=O)c2cccc(N3C(=O)[C@@H]4[C@H]5C=C[C@@H]([C@@H]6C[C@@H]56)[C@H]4C3=O)c2)cc1C. The molecule has 1 N–H and O–H groups in total. The van der Waals surface area contributed by atoms with Crippen LogP contribution in [0.4, 0.5) is 11.4 Å². The summed E-state index contributed by atoms with van der Waals surface area (Å²) in [5, 5.41) is 2.91. The van der Waals surface area contributed by atoms with Crippen molar-refractivity contribution in [2.45, 2.75) is 20.3 Å². The van der Waals surface area contributed by atoms with Gasteiger partial charge in [-0.15, -0.1) is 0 Å². The van der Waals surface area contributed by atoms with Crippen LogP contribution in [0.3, 0.4) is 0 Å². The highest BCUT2D eigenvalue weighted by Crippen LogP contribution is 2.65. The monoisotopic (exact) mass is 412 g/mol. The standard InChI is InChI=1S/C26H24N2O3/c1-13-6-7-16(10-14(13)2)27-24(29)15-4-3-5-17(11-15)28-25(30)22-18-8-9-19(21-12-20(18)21)23(22)26(28)31/h3-11,18-23H,12H2,1-2H3,(H,27,29)/t18-,19-,20-,21-,22+,23+/m0/s1. The Labute approximate surface area is 181 Å². The molecule has 3 fully saturated rings. The van der Waals surface area contributed by atoms with E-state index in [1.54, 1.807) is 24.3 Å². The van der Waals surface area contributed by atoms with Crippen LogP contribution in [-0.2, 0) is 9.59 Å². The number of amides is 3. The first kappa shape index (κ1) is 18.6. The van der Waals surface area contributed by atoms with Crippen LogP contribution in [0.5, 0.6) is 0 Å². The molecule has 0 aromatic heterocycles. The van der Waals surface area contributed by atoms with Crippen molar-refractivity contribution in [3.8, 4) is 0 Å². The fraction of sp³-hybridized carbons (Fsp3) is 0.346. The van der Waals surface area contributed by atoms with Gasteiger partial charge in [0.25, 0.3) is 5.91 Å². The number of nitrogens with zero attached hydrogens (tertiary/aromatic N) is 1. The van der Waals surface area contributed by atoms with E-state index in [0.29, 0.717) is 23.1 Å². The van der Waals surface area contributed by atoms with Crippen molar-refractivity contribution in [3.63, 3.8) is 0 Å². The van der Waals surface area contributed by atoms with Gasteiger partial charge in [-0.2, -0.15) is 0 Å². The Kier molecular flexibility index (Phi) is 3.83. The van der Waals surface area contributed by atoms with Crippen LogP contribution in [-0.4, -0.2) is 17.7 Å². The van der Waals surface area contributed by atoms with Gasteiger partial charge in [-0.1, -0.05) is 24.3 Å². The number of benzene rings is 2. The quantitative estimate of drug-likeness (QED) is 0.609. The van der Waals surface area contributed by atoms with Gasteiger partial charge in [-0.05, 0) is 85.4 Å². The maximum atomic E-state index is 13.3. The van der Waals surface area contributed by atoms with Crippen molar-refractivity contribution in [1.29, 1.82) is 0 Å². The topological polar surface area (TPSA) is 66.5 Å². The van der Waals surface area contributed by atoms with E-state index in [4.69, 9.17) is 0 Å². The van der Waals surface area contributed by atoms with Gasteiger partial charge in [0, 0.05) is 11.3 Å².